The largest absolute Gasteiger partial charge is 0.493 e. The zero-order valence-electron chi connectivity index (χ0n) is 10.7. The van der Waals surface area contributed by atoms with Crippen molar-refractivity contribution >= 4 is 5.97 Å². The van der Waals surface area contributed by atoms with Gasteiger partial charge in [0.15, 0.2) is 11.5 Å². The molecule has 0 saturated heterocycles. The third-order valence-corrected chi connectivity index (χ3v) is 3.45. The first kappa shape index (κ1) is 12.7. The molecular weight excluding hydrogens is 234 g/mol. The number of ether oxygens (including phenoxy) is 2. The van der Waals surface area contributed by atoms with Crippen molar-refractivity contribution in [3.05, 3.63) is 23.3 Å². The van der Waals surface area contributed by atoms with E-state index in [2.05, 4.69) is 5.32 Å². The van der Waals surface area contributed by atoms with Crippen LogP contribution in [-0.2, 0) is 16.8 Å². The van der Waals surface area contributed by atoms with Gasteiger partial charge in [0.1, 0.15) is 5.54 Å². The number of methoxy groups -OCH3 is 2. The molecular formula is C13H17NO4. The van der Waals surface area contributed by atoms with Crippen molar-refractivity contribution in [2.75, 3.05) is 20.8 Å². The van der Waals surface area contributed by atoms with Crippen LogP contribution in [0.5, 0.6) is 11.5 Å². The van der Waals surface area contributed by atoms with Gasteiger partial charge in [-0.15, -0.1) is 0 Å². The molecule has 1 atom stereocenters. The molecule has 0 aliphatic carbocycles. The van der Waals surface area contributed by atoms with Crippen LogP contribution in [0.4, 0.5) is 0 Å². The van der Waals surface area contributed by atoms with Crippen molar-refractivity contribution < 1.29 is 19.4 Å². The lowest BCUT2D eigenvalue weighted by Crippen LogP contribution is -2.50. The summed E-state index contributed by atoms with van der Waals surface area (Å²) in [7, 11) is 3.11. The maximum atomic E-state index is 11.5. The molecule has 1 aromatic rings. The Morgan fingerprint density at radius 1 is 1.33 bits per heavy atom. The summed E-state index contributed by atoms with van der Waals surface area (Å²) in [5.74, 6) is 0.286. The van der Waals surface area contributed by atoms with Gasteiger partial charge in [0.25, 0.3) is 0 Å². The second kappa shape index (κ2) is 4.49. The first-order chi connectivity index (χ1) is 8.52. The van der Waals surface area contributed by atoms with Gasteiger partial charge in [0.05, 0.1) is 14.2 Å². The number of carboxylic acids is 1. The normalized spacial score (nSPS) is 22.2. The fourth-order valence-corrected chi connectivity index (χ4v) is 2.33. The Labute approximate surface area is 106 Å². The molecule has 5 heteroatoms. The predicted molar refractivity (Wildman–Crippen MR) is 66.2 cm³/mol. The molecule has 18 heavy (non-hydrogen) atoms. The number of hydrogen-bond acceptors (Lipinski definition) is 4. The van der Waals surface area contributed by atoms with E-state index in [0.29, 0.717) is 18.0 Å². The van der Waals surface area contributed by atoms with E-state index in [9.17, 15) is 9.90 Å². The van der Waals surface area contributed by atoms with E-state index in [1.807, 2.05) is 6.07 Å². The van der Waals surface area contributed by atoms with E-state index in [1.54, 1.807) is 27.2 Å². The van der Waals surface area contributed by atoms with Crippen molar-refractivity contribution in [1.29, 1.82) is 0 Å². The second-order valence-electron chi connectivity index (χ2n) is 4.47. The zero-order valence-corrected chi connectivity index (χ0v) is 10.7. The van der Waals surface area contributed by atoms with Crippen molar-refractivity contribution in [3.63, 3.8) is 0 Å². The molecule has 0 saturated carbocycles. The third-order valence-electron chi connectivity index (χ3n) is 3.45. The molecule has 1 aliphatic heterocycles. The highest BCUT2D eigenvalue weighted by molar-refractivity contribution is 5.81. The zero-order chi connectivity index (χ0) is 13.3. The summed E-state index contributed by atoms with van der Waals surface area (Å²) in [6.07, 6.45) is 0.776. The smallest absolute Gasteiger partial charge is 0.328 e. The number of hydrogen-bond donors (Lipinski definition) is 2. The lowest BCUT2D eigenvalue weighted by atomic mass is 9.83. The Balaban J connectivity index is 2.61. The summed E-state index contributed by atoms with van der Waals surface area (Å²) >= 11 is 0. The Hall–Kier alpha value is -1.75. The van der Waals surface area contributed by atoms with E-state index in [1.165, 1.54) is 0 Å². The Morgan fingerprint density at radius 2 is 1.94 bits per heavy atom. The van der Waals surface area contributed by atoms with E-state index in [0.717, 1.165) is 17.5 Å². The number of benzene rings is 1. The molecule has 0 bridgehead atoms. The van der Waals surface area contributed by atoms with E-state index >= 15 is 0 Å². The fourth-order valence-electron chi connectivity index (χ4n) is 2.33. The molecule has 1 aromatic carbocycles. The van der Waals surface area contributed by atoms with Gasteiger partial charge in [0, 0.05) is 6.54 Å². The first-order valence-corrected chi connectivity index (χ1v) is 5.76. The highest BCUT2D eigenvalue weighted by atomic mass is 16.5. The summed E-state index contributed by atoms with van der Waals surface area (Å²) < 4.78 is 10.5. The monoisotopic (exact) mass is 251 g/mol. The minimum Gasteiger partial charge on any atom is -0.493 e. The van der Waals surface area contributed by atoms with Crippen molar-refractivity contribution in [3.8, 4) is 11.5 Å². The van der Waals surface area contributed by atoms with Crippen molar-refractivity contribution in [2.45, 2.75) is 18.9 Å². The van der Waals surface area contributed by atoms with Crippen molar-refractivity contribution in [1.82, 2.24) is 5.32 Å². The van der Waals surface area contributed by atoms with Crippen molar-refractivity contribution in [2.24, 2.45) is 0 Å². The number of carboxylic acid groups (broad SMARTS) is 1. The molecule has 0 amide bonds. The maximum absolute atomic E-state index is 11.5. The topological polar surface area (TPSA) is 67.8 Å². The minimum atomic E-state index is -1.08. The lowest BCUT2D eigenvalue weighted by molar-refractivity contribution is -0.144. The van der Waals surface area contributed by atoms with Gasteiger partial charge in [-0.3, -0.25) is 5.32 Å². The molecule has 2 rings (SSSR count). The molecule has 0 radical (unpaired) electrons. The van der Waals surface area contributed by atoms with Crippen LogP contribution in [0.1, 0.15) is 18.1 Å². The summed E-state index contributed by atoms with van der Waals surface area (Å²) in [6, 6.07) is 3.60. The number of aliphatic carboxylic acids is 1. The van der Waals surface area contributed by atoms with Crippen LogP contribution < -0.4 is 14.8 Å². The average molecular weight is 251 g/mol. The van der Waals surface area contributed by atoms with Gasteiger partial charge in [-0.2, -0.15) is 0 Å². The lowest BCUT2D eigenvalue weighted by Gasteiger charge is -2.34. The predicted octanol–water partition coefficient (Wildman–Crippen LogP) is 1.15. The molecule has 0 unspecified atom stereocenters. The third kappa shape index (κ3) is 1.80. The molecule has 0 fully saturated rings. The minimum absolute atomic E-state index is 0.549. The van der Waals surface area contributed by atoms with Gasteiger partial charge in [-0.1, -0.05) is 0 Å². The number of nitrogens with one attached hydrogen (secondary N) is 1. The maximum Gasteiger partial charge on any atom is 0.328 e. The average Bonchev–Trinajstić information content (AvgIpc) is 2.37. The van der Waals surface area contributed by atoms with Crippen LogP contribution in [0.25, 0.3) is 0 Å². The summed E-state index contributed by atoms with van der Waals surface area (Å²) in [5, 5.41) is 12.4. The van der Waals surface area contributed by atoms with Crippen LogP contribution in [0.3, 0.4) is 0 Å². The quantitative estimate of drug-likeness (QED) is 0.843. The van der Waals surface area contributed by atoms with E-state index < -0.39 is 11.5 Å². The SMILES string of the molecule is COc1cc2c(cc1OC)[C@@](C)(C(=O)O)NCC2. The van der Waals surface area contributed by atoms with Crippen LogP contribution in [-0.4, -0.2) is 31.8 Å². The molecule has 0 spiro atoms. The molecule has 5 nitrogen and oxygen atoms in total. The van der Waals surface area contributed by atoms with Gasteiger partial charge < -0.3 is 14.6 Å². The molecule has 0 aromatic heterocycles. The van der Waals surface area contributed by atoms with Gasteiger partial charge in [-0.05, 0) is 36.6 Å². The highest BCUT2D eigenvalue weighted by Crippen LogP contribution is 2.37. The number of carbonyl (C=O) groups is 1. The van der Waals surface area contributed by atoms with Crippen LogP contribution in [0.15, 0.2) is 12.1 Å². The molecule has 1 aliphatic rings. The fraction of sp³-hybridized carbons (Fsp3) is 0.462. The van der Waals surface area contributed by atoms with E-state index in [-0.39, 0.29) is 0 Å². The van der Waals surface area contributed by atoms with Crippen LogP contribution in [0, 0.1) is 0 Å². The van der Waals surface area contributed by atoms with Gasteiger partial charge >= 0.3 is 5.97 Å². The molecule has 1 heterocycles. The highest BCUT2D eigenvalue weighted by Gasteiger charge is 2.39. The Kier molecular flexibility index (Phi) is 3.17. The van der Waals surface area contributed by atoms with Gasteiger partial charge in [-0.25, -0.2) is 4.79 Å². The Morgan fingerprint density at radius 3 is 2.50 bits per heavy atom. The molecule has 98 valence electrons. The summed E-state index contributed by atoms with van der Waals surface area (Å²) in [4.78, 5) is 11.5. The van der Waals surface area contributed by atoms with Gasteiger partial charge in [0.2, 0.25) is 0 Å². The number of fused-ring (bicyclic) bond motifs is 1. The standard InChI is InChI=1S/C13H17NO4/c1-13(12(15)16)9-7-11(18-3)10(17-2)6-8(9)4-5-14-13/h6-7,14H,4-5H2,1-3H3,(H,15,16)/t13-/m0/s1. The van der Waals surface area contributed by atoms with E-state index in [4.69, 9.17) is 9.47 Å². The van der Waals surface area contributed by atoms with Crippen LogP contribution >= 0.6 is 0 Å². The van der Waals surface area contributed by atoms with Crippen LogP contribution in [0.2, 0.25) is 0 Å². The number of rotatable bonds is 3. The first-order valence-electron chi connectivity index (χ1n) is 5.76. The summed E-state index contributed by atoms with van der Waals surface area (Å²) in [6.45, 7) is 2.30. The summed E-state index contributed by atoms with van der Waals surface area (Å²) in [5.41, 5.74) is 0.642. The second-order valence-corrected chi connectivity index (χ2v) is 4.47. The molecule has 2 N–H and O–H groups in total. The Bertz CT molecular complexity index is 486.